The van der Waals surface area contributed by atoms with Crippen LogP contribution < -0.4 is 15.9 Å². The van der Waals surface area contributed by atoms with Crippen LogP contribution in [0.25, 0.3) is 5.65 Å². The normalized spacial score (nSPS) is 14.5. The predicted octanol–water partition coefficient (Wildman–Crippen LogP) is 1.02. The molecular formula is C17H17ClN6O3. The van der Waals surface area contributed by atoms with Crippen LogP contribution in [0.15, 0.2) is 41.5 Å². The maximum absolute atomic E-state index is 12.6. The maximum Gasteiger partial charge on any atom is 0.350 e. The Morgan fingerprint density at radius 2 is 2.11 bits per heavy atom. The number of rotatable bonds is 4. The van der Waals surface area contributed by atoms with Crippen LogP contribution in [0.4, 0.5) is 11.5 Å². The van der Waals surface area contributed by atoms with Crippen molar-refractivity contribution in [2.45, 2.75) is 6.54 Å². The molecule has 0 saturated carbocycles. The summed E-state index contributed by atoms with van der Waals surface area (Å²) in [6, 6.07) is 6.79. The SMILES string of the molecule is O=C(Cn1nc2c(N3CCOCC3)nccn2c1=O)Nc1cccc(Cl)c1. The molecule has 1 amide bonds. The van der Waals surface area contributed by atoms with E-state index in [4.69, 9.17) is 16.3 Å². The van der Waals surface area contributed by atoms with E-state index in [0.29, 0.717) is 48.5 Å². The van der Waals surface area contributed by atoms with Crippen LogP contribution in [0.3, 0.4) is 0 Å². The average molecular weight is 389 g/mol. The van der Waals surface area contributed by atoms with E-state index in [1.54, 1.807) is 36.7 Å². The number of carbonyl (C=O) groups is 1. The van der Waals surface area contributed by atoms with E-state index in [0.717, 1.165) is 4.68 Å². The van der Waals surface area contributed by atoms with Crippen molar-refractivity contribution in [1.82, 2.24) is 19.2 Å². The number of carbonyl (C=O) groups excluding carboxylic acids is 1. The van der Waals surface area contributed by atoms with Gasteiger partial charge in [-0.15, -0.1) is 5.10 Å². The zero-order valence-corrected chi connectivity index (χ0v) is 15.1. The van der Waals surface area contributed by atoms with Gasteiger partial charge in [0.1, 0.15) is 6.54 Å². The summed E-state index contributed by atoms with van der Waals surface area (Å²) in [7, 11) is 0. The maximum atomic E-state index is 12.6. The molecule has 0 spiro atoms. The number of ether oxygens (including phenoxy) is 1. The zero-order chi connectivity index (χ0) is 18.8. The fourth-order valence-corrected chi connectivity index (χ4v) is 3.13. The molecule has 0 radical (unpaired) electrons. The van der Waals surface area contributed by atoms with Gasteiger partial charge in [-0.25, -0.2) is 18.9 Å². The van der Waals surface area contributed by atoms with Crippen LogP contribution in [0.2, 0.25) is 5.02 Å². The molecule has 0 aliphatic carbocycles. The minimum atomic E-state index is -0.400. The first-order valence-corrected chi connectivity index (χ1v) is 8.82. The van der Waals surface area contributed by atoms with Crippen molar-refractivity contribution in [3.8, 4) is 0 Å². The van der Waals surface area contributed by atoms with Crippen molar-refractivity contribution < 1.29 is 9.53 Å². The van der Waals surface area contributed by atoms with Gasteiger partial charge < -0.3 is 15.0 Å². The van der Waals surface area contributed by atoms with Crippen molar-refractivity contribution in [1.29, 1.82) is 0 Å². The van der Waals surface area contributed by atoms with E-state index in [1.165, 1.54) is 4.40 Å². The zero-order valence-electron chi connectivity index (χ0n) is 14.3. The van der Waals surface area contributed by atoms with Crippen LogP contribution in [-0.4, -0.2) is 51.4 Å². The fourth-order valence-electron chi connectivity index (χ4n) is 2.94. The average Bonchev–Trinajstić information content (AvgIpc) is 2.98. The summed E-state index contributed by atoms with van der Waals surface area (Å²) in [4.78, 5) is 31.3. The topological polar surface area (TPSA) is 93.8 Å². The molecular weight excluding hydrogens is 372 g/mol. The lowest BCUT2D eigenvalue weighted by molar-refractivity contribution is -0.117. The van der Waals surface area contributed by atoms with Gasteiger partial charge in [-0.3, -0.25) is 4.79 Å². The Morgan fingerprint density at radius 1 is 1.30 bits per heavy atom. The molecule has 1 saturated heterocycles. The Bertz CT molecular complexity index is 1040. The molecule has 1 N–H and O–H groups in total. The third-order valence-electron chi connectivity index (χ3n) is 4.20. The number of morpholine rings is 1. The van der Waals surface area contributed by atoms with Crippen LogP contribution >= 0.6 is 11.6 Å². The molecule has 1 aliphatic rings. The highest BCUT2D eigenvalue weighted by Gasteiger charge is 2.20. The Balaban J connectivity index is 1.59. The molecule has 1 fully saturated rings. The van der Waals surface area contributed by atoms with E-state index < -0.39 is 5.69 Å². The Morgan fingerprint density at radius 3 is 2.89 bits per heavy atom. The smallest absolute Gasteiger partial charge is 0.350 e. The van der Waals surface area contributed by atoms with Gasteiger partial charge in [0, 0.05) is 36.2 Å². The number of fused-ring (bicyclic) bond motifs is 1. The third-order valence-corrected chi connectivity index (χ3v) is 4.43. The molecule has 9 nitrogen and oxygen atoms in total. The molecule has 0 atom stereocenters. The van der Waals surface area contributed by atoms with Crippen LogP contribution in [0, 0.1) is 0 Å². The molecule has 4 rings (SSSR count). The van der Waals surface area contributed by atoms with E-state index in [9.17, 15) is 9.59 Å². The van der Waals surface area contributed by atoms with Gasteiger partial charge in [0.05, 0.1) is 13.2 Å². The van der Waals surface area contributed by atoms with Crippen molar-refractivity contribution >= 4 is 34.7 Å². The summed E-state index contributed by atoms with van der Waals surface area (Å²) < 4.78 is 7.87. The summed E-state index contributed by atoms with van der Waals surface area (Å²) in [6.45, 7) is 2.31. The highest BCUT2D eigenvalue weighted by atomic mass is 35.5. The van der Waals surface area contributed by atoms with Gasteiger partial charge >= 0.3 is 5.69 Å². The Kier molecular flexibility index (Phi) is 4.78. The number of aromatic nitrogens is 4. The molecule has 0 bridgehead atoms. The lowest BCUT2D eigenvalue weighted by Gasteiger charge is -2.27. The second-order valence-electron chi connectivity index (χ2n) is 6.04. The van der Waals surface area contributed by atoms with Gasteiger partial charge in [-0.2, -0.15) is 0 Å². The second-order valence-corrected chi connectivity index (χ2v) is 6.48. The minimum Gasteiger partial charge on any atom is -0.378 e. The molecule has 1 aliphatic heterocycles. The van der Waals surface area contributed by atoms with Crippen molar-refractivity contribution in [2.75, 3.05) is 36.5 Å². The van der Waals surface area contributed by atoms with Crippen molar-refractivity contribution in [3.05, 3.63) is 52.2 Å². The fraction of sp³-hybridized carbons (Fsp3) is 0.294. The first-order chi connectivity index (χ1) is 13.1. The summed E-state index contributed by atoms with van der Waals surface area (Å²) >= 11 is 5.92. The lowest BCUT2D eigenvalue weighted by atomic mass is 10.3. The highest BCUT2D eigenvalue weighted by molar-refractivity contribution is 6.30. The number of nitrogens with zero attached hydrogens (tertiary/aromatic N) is 5. The second kappa shape index (κ2) is 7.37. The number of anilines is 2. The summed E-state index contributed by atoms with van der Waals surface area (Å²) in [5.74, 6) is 0.232. The van der Waals surface area contributed by atoms with E-state index in [2.05, 4.69) is 15.4 Å². The number of halogens is 1. The molecule has 3 heterocycles. The van der Waals surface area contributed by atoms with Gasteiger partial charge in [0.15, 0.2) is 5.82 Å². The summed E-state index contributed by atoms with van der Waals surface area (Å²) in [5.41, 5.74) is 0.572. The van der Waals surface area contributed by atoms with Gasteiger partial charge in [-0.05, 0) is 18.2 Å². The Hall–Kier alpha value is -2.91. The van der Waals surface area contributed by atoms with Crippen LogP contribution in [0.5, 0.6) is 0 Å². The molecule has 140 valence electrons. The monoisotopic (exact) mass is 388 g/mol. The number of benzene rings is 1. The molecule has 27 heavy (non-hydrogen) atoms. The largest absolute Gasteiger partial charge is 0.378 e. The quantitative estimate of drug-likeness (QED) is 0.717. The molecule has 10 heteroatoms. The number of hydrogen-bond acceptors (Lipinski definition) is 6. The first-order valence-electron chi connectivity index (χ1n) is 8.44. The minimum absolute atomic E-state index is 0.213. The van der Waals surface area contributed by atoms with E-state index in [1.807, 2.05) is 4.90 Å². The first kappa shape index (κ1) is 17.5. The van der Waals surface area contributed by atoms with Gasteiger partial charge in [-0.1, -0.05) is 17.7 Å². The molecule has 1 aromatic carbocycles. The lowest BCUT2D eigenvalue weighted by Crippen LogP contribution is -2.37. The predicted molar refractivity (Wildman–Crippen MR) is 100 cm³/mol. The summed E-state index contributed by atoms with van der Waals surface area (Å²) in [6.07, 6.45) is 3.09. The molecule has 0 unspecified atom stereocenters. The van der Waals surface area contributed by atoms with Crippen LogP contribution in [0.1, 0.15) is 0 Å². The number of amides is 1. The van der Waals surface area contributed by atoms with E-state index >= 15 is 0 Å². The van der Waals surface area contributed by atoms with Gasteiger partial charge in [0.2, 0.25) is 11.6 Å². The van der Waals surface area contributed by atoms with Crippen molar-refractivity contribution in [3.63, 3.8) is 0 Å². The number of hydrogen-bond donors (Lipinski definition) is 1. The molecule has 2 aromatic heterocycles. The van der Waals surface area contributed by atoms with Gasteiger partial charge in [0.25, 0.3) is 0 Å². The standard InChI is InChI=1S/C17H17ClN6O3/c18-12-2-1-3-13(10-12)20-14(25)11-24-17(26)23-5-4-19-15(16(23)21-24)22-6-8-27-9-7-22/h1-5,10H,6-9,11H2,(H,20,25). The van der Waals surface area contributed by atoms with E-state index in [-0.39, 0.29) is 12.5 Å². The molecule has 3 aromatic rings. The van der Waals surface area contributed by atoms with Crippen molar-refractivity contribution in [2.24, 2.45) is 0 Å². The Labute approximate surface area is 159 Å². The van der Waals surface area contributed by atoms with Crippen LogP contribution in [-0.2, 0) is 16.1 Å². The number of nitrogens with one attached hydrogen (secondary N) is 1. The third kappa shape index (κ3) is 3.64. The summed E-state index contributed by atoms with van der Waals surface area (Å²) in [5, 5.41) is 7.54. The highest BCUT2D eigenvalue weighted by Crippen LogP contribution is 2.17.